The fraction of sp³-hybridized carbons (Fsp3) is 1.00. The Balaban J connectivity index is 3.21. The Kier molecular flexibility index (Phi) is 4.42. The first kappa shape index (κ1) is 10.3. The molecule has 0 unspecified atom stereocenters. The monoisotopic (exact) mass is 160 g/mol. The minimum atomic E-state index is 0.231. The molecule has 0 rings (SSSR count). The zero-order chi connectivity index (χ0) is 8.20. The van der Waals surface area contributed by atoms with E-state index in [0.717, 1.165) is 5.92 Å². The lowest BCUT2D eigenvalue weighted by molar-refractivity contribution is 0.503. The van der Waals surface area contributed by atoms with Gasteiger partial charge in [-0.05, 0) is 12.3 Å². The van der Waals surface area contributed by atoms with Crippen molar-refractivity contribution in [1.82, 2.24) is 0 Å². The molecule has 0 saturated heterocycles. The van der Waals surface area contributed by atoms with Crippen LogP contribution in [0.4, 0.5) is 0 Å². The lowest BCUT2D eigenvalue weighted by Crippen LogP contribution is -2.09. The van der Waals surface area contributed by atoms with E-state index in [2.05, 4.69) is 40.3 Å². The van der Waals surface area contributed by atoms with Crippen LogP contribution < -0.4 is 0 Å². The lowest BCUT2D eigenvalue weighted by atomic mass is 10.0. The molecule has 0 amide bonds. The van der Waals surface area contributed by atoms with Crippen molar-refractivity contribution in [2.45, 2.75) is 51.7 Å². The van der Waals surface area contributed by atoms with Crippen molar-refractivity contribution in [1.29, 1.82) is 0 Å². The smallest absolute Gasteiger partial charge is 0.00731 e. The predicted octanol–water partition coefficient (Wildman–Crippen LogP) is 3.52. The van der Waals surface area contributed by atoms with Crippen LogP contribution in [-0.2, 0) is 0 Å². The highest BCUT2D eigenvalue weighted by Gasteiger charge is 2.10. The third-order valence-corrected chi connectivity index (χ3v) is 1.79. The number of rotatable bonds is 4. The van der Waals surface area contributed by atoms with E-state index in [1.807, 2.05) is 0 Å². The van der Waals surface area contributed by atoms with E-state index in [1.54, 1.807) is 0 Å². The van der Waals surface area contributed by atoms with Gasteiger partial charge in [0.25, 0.3) is 0 Å². The molecule has 0 saturated carbocycles. The van der Waals surface area contributed by atoms with Crippen molar-refractivity contribution in [2.24, 2.45) is 5.92 Å². The molecule has 62 valence electrons. The fourth-order valence-electron chi connectivity index (χ4n) is 0.943. The molecule has 0 atom stereocenters. The van der Waals surface area contributed by atoms with E-state index in [0.29, 0.717) is 0 Å². The quantitative estimate of drug-likeness (QED) is 0.598. The van der Waals surface area contributed by atoms with Crippen LogP contribution in [0.1, 0.15) is 47.0 Å². The maximum absolute atomic E-state index is 4.46. The maximum atomic E-state index is 4.46. The first-order valence-electron chi connectivity index (χ1n) is 4.14. The Bertz CT molecular complexity index is 79.2. The van der Waals surface area contributed by atoms with Gasteiger partial charge in [0, 0.05) is 4.75 Å². The Morgan fingerprint density at radius 2 is 1.80 bits per heavy atom. The van der Waals surface area contributed by atoms with Crippen LogP contribution in [0.15, 0.2) is 0 Å². The van der Waals surface area contributed by atoms with Crippen LogP contribution in [0.25, 0.3) is 0 Å². The maximum Gasteiger partial charge on any atom is 0.00731 e. The first-order chi connectivity index (χ1) is 4.42. The van der Waals surface area contributed by atoms with Crippen LogP contribution >= 0.6 is 12.6 Å². The Hall–Kier alpha value is 0.350. The SMILES string of the molecule is CC(C)CCCC(C)(C)S. The summed E-state index contributed by atoms with van der Waals surface area (Å²) in [6, 6.07) is 0. The molecular weight excluding hydrogens is 140 g/mol. The van der Waals surface area contributed by atoms with Crippen molar-refractivity contribution < 1.29 is 0 Å². The number of thiol groups is 1. The van der Waals surface area contributed by atoms with Crippen molar-refractivity contribution in [2.75, 3.05) is 0 Å². The highest BCUT2D eigenvalue weighted by molar-refractivity contribution is 7.81. The molecule has 0 aliphatic rings. The summed E-state index contributed by atoms with van der Waals surface area (Å²) in [5, 5.41) is 0. The van der Waals surface area contributed by atoms with Gasteiger partial charge in [-0.2, -0.15) is 12.6 Å². The van der Waals surface area contributed by atoms with Crippen molar-refractivity contribution in [3.8, 4) is 0 Å². The van der Waals surface area contributed by atoms with Gasteiger partial charge in [0.1, 0.15) is 0 Å². The molecule has 0 aromatic rings. The minimum absolute atomic E-state index is 0.231. The fourth-order valence-corrected chi connectivity index (χ4v) is 1.10. The lowest BCUT2D eigenvalue weighted by Gasteiger charge is -2.17. The van der Waals surface area contributed by atoms with Crippen LogP contribution in [0, 0.1) is 5.92 Å². The zero-order valence-electron chi connectivity index (χ0n) is 7.65. The largest absolute Gasteiger partial charge is 0.173 e. The average Bonchev–Trinajstić information content (AvgIpc) is 1.59. The second-order valence-corrected chi connectivity index (χ2v) is 5.31. The second kappa shape index (κ2) is 4.27. The summed E-state index contributed by atoms with van der Waals surface area (Å²) in [6.45, 7) is 8.89. The molecule has 0 fully saturated rings. The molecule has 0 radical (unpaired) electrons. The summed E-state index contributed by atoms with van der Waals surface area (Å²) >= 11 is 4.46. The normalized spacial score (nSPS) is 12.6. The van der Waals surface area contributed by atoms with Crippen LogP contribution in [0.5, 0.6) is 0 Å². The van der Waals surface area contributed by atoms with Gasteiger partial charge in [-0.1, -0.05) is 40.5 Å². The molecule has 0 nitrogen and oxygen atoms in total. The highest BCUT2D eigenvalue weighted by Crippen LogP contribution is 2.21. The summed E-state index contributed by atoms with van der Waals surface area (Å²) in [4.78, 5) is 0. The number of hydrogen-bond acceptors (Lipinski definition) is 1. The van der Waals surface area contributed by atoms with Gasteiger partial charge in [0.15, 0.2) is 0 Å². The average molecular weight is 160 g/mol. The molecule has 0 spiro atoms. The van der Waals surface area contributed by atoms with Crippen LogP contribution in [-0.4, -0.2) is 4.75 Å². The summed E-state index contributed by atoms with van der Waals surface area (Å²) in [5.41, 5.74) is 0. The van der Waals surface area contributed by atoms with Crippen molar-refractivity contribution in [3.63, 3.8) is 0 Å². The highest BCUT2D eigenvalue weighted by atomic mass is 32.1. The van der Waals surface area contributed by atoms with E-state index in [9.17, 15) is 0 Å². The molecular formula is C9H20S. The first-order valence-corrected chi connectivity index (χ1v) is 4.59. The summed E-state index contributed by atoms with van der Waals surface area (Å²) in [5.74, 6) is 0.843. The molecule has 0 N–H and O–H groups in total. The standard InChI is InChI=1S/C9H20S/c1-8(2)6-5-7-9(3,4)10/h8,10H,5-7H2,1-4H3. The van der Waals surface area contributed by atoms with Gasteiger partial charge in [0.05, 0.1) is 0 Å². The van der Waals surface area contributed by atoms with Gasteiger partial charge < -0.3 is 0 Å². The van der Waals surface area contributed by atoms with E-state index < -0.39 is 0 Å². The molecule has 0 aromatic carbocycles. The van der Waals surface area contributed by atoms with Gasteiger partial charge in [-0.25, -0.2) is 0 Å². The van der Waals surface area contributed by atoms with Crippen molar-refractivity contribution in [3.05, 3.63) is 0 Å². The topological polar surface area (TPSA) is 0 Å². The summed E-state index contributed by atoms with van der Waals surface area (Å²) in [7, 11) is 0. The van der Waals surface area contributed by atoms with Gasteiger partial charge in [0.2, 0.25) is 0 Å². The minimum Gasteiger partial charge on any atom is -0.173 e. The Morgan fingerprint density at radius 3 is 2.10 bits per heavy atom. The molecule has 0 aliphatic carbocycles. The molecule has 10 heavy (non-hydrogen) atoms. The Labute approximate surface area is 70.8 Å². The third-order valence-electron chi connectivity index (χ3n) is 1.57. The summed E-state index contributed by atoms with van der Waals surface area (Å²) < 4.78 is 0.231. The van der Waals surface area contributed by atoms with E-state index in [-0.39, 0.29) is 4.75 Å². The molecule has 1 heteroatoms. The molecule has 0 heterocycles. The second-order valence-electron chi connectivity index (χ2n) is 4.10. The van der Waals surface area contributed by atoms with Gasteiger partial charge in [-0.15, -0.1) is 0 Å². The molecule has 0 aromatic heterocycles. The third kappa shape index (κ3) is 8.35. The van der Waals surface area contributed by atoms with E-state index >= 15 is 0 Å². The van der Waals surface area contributed by atoms with Crippen LogP contribution in [0.3, 0.4) is 0 Å². The van der Waals surface area contributed by atoms with Crippen LogP contribution in [0.2, 0.25) is 0 Å². The zero-order valence-corrected chi connectivity index (χ0v) is 8.54. The van der Waals surface area contributed by atoms with Gasteiger partial charge in [-0.3, -0.25) is 0 Å². The van der Waals surface area contributed by atoms with Crippen molar-refractivity contribution >= 4 is 12.6 Å². The predicted molar refractivity (Wildman–Crippen MR) is 51.8 cm³/mol. The summed E-state index contributed by atoms with van der Waals surface area (Å²) in [6.07, 6.45) is 3.88. The Morgan fingerprint density at radius 1 is 1.30 bits per heavy atom. The van der Waals surface area contributed by atoms with Gasteiger partial charge >= 0.3 is 0 Å². The number of hydrogen-bond donors (Lipinski definition) is 1. The molecule has 0 aliphatic heterocycles. The van der Waals surface area contributed by atoms with E-state index in [1.165, 1.54) is 19.3 Å². The molecule has 0 bridgehead atoms. The van der Waals surface area contributed by atoms with E-state index in [4.69, 9.17) is 0 Å².